The van der Waals surface area contributed by atoms with E-state index < -0.39 is 0 Å². The maximum absolute atomic E-state index is 12.0. The molecule has 6 heteroatoms. The van der Waals surface area contributed by atoms with Crippen LogP contribution in [-0.2, 0) is 11.8 Å². The number of amides is 1. The van der Waals surface area contributed by atoms with Crippen LogP contribution < -0.4 is 19.4 Å². The third-order valence-corrected chi connectivity index (χ3v) is 3.27. The fourth-order valence-corrected chi connectivity index (χ4v) is 1.97. The molecule has 0 spiro atoms. The zero-order valence-corrected chi connectivity index (χ0v) is 12.8. The van der Waals surface area contributed by atoms with Gasteiger partial charge in [-0.3, -0.25) is 4.79 Å². The number of carbonyl (C=O) groups is 1. The van der Waals surface area contributed by atoms with Gasteiger partial charge in [-0.2, -0.15) is 0 Å². The summed E-state index contributed by atoms with van der Waals surface area (Å²) in [6.07, 6.45) is 1.71. The predicted octanol–water partition coefficient (Wildman–Crippen LogP) is 1.55. The lowest BCUT2D eigenvalue weighted by Gasteiger charge is -2.11. The lowest BCUT2D eigenvalue weighted by atomic mass is 10.3. The Balaban J connectivity index is 2.03. The first-order chi connectivity index (χ1) is 10.5. The Bertz CT molecular complexity index is 686. The van der Waals surface area contributed by atoms with Gasteiger partial charge in [0, 0.05) is 13.0 Å². The van der Waals surface area contributed by atoms with Crippen molar-refractivity contribution in [3.63, 3.8) is 0 Å². The monoisotopic (exact) mass is 303 g/mol. The molecule has 1 heterocycles. The third kappa shape index (κ3) is 3.46. The van der Waals surface area contributed by atoms with Gasteiger partial charge in [-0.1, -0.05) is 12.1 Å². The van der Waals surface area contributed by atoms with E-state index in [1.54, 1.807) is 35.9 Å². The number of para-hydroxylation sites is 2. The minimum absolute atomic E-state index is 0.000640. The molecule has 2 N–H and O–H groups in total. The van der Waals surface area contributed by atoms with Gasteiger partial charge in [0.15, 0.2) is 18.6 Å². The van der Waals surface area contributed by atoms with Gasteiger partial charge in [-0.05, 0) is 12.1 Å². The van der Waals surface area contributed by atoms with Crippen LogP contribution in [0.25, 0.3) is 0 Å². The Kier molecular flexibility index (Phi) is 4.83. The van der Waals surface area contributed by atoms with Gasteiger partial charge in [0.05, 0.1) is 12.8 Å². The number of carbonyl (C=O) groups excluding carboxylic acids is 1. The quantitative estimate of drug-likeness (QED) is 0.822. The number of nitrogens with zero attached hydrogens (tertiary/aromatic N) is 1. The summed E-state index contributed by atoms with van der Waals surface area (Å²) < 4.78 is 12.4. The first-order valence-corrected chi connectivity index (χ1v) is 6.76. The van der Waals surface area contributed by atoms with Crippen LogP contribution in [0.1, 0.15) is 5.69 Å². The van der Waals surface area contributed by atoms with E-state index in [0.29, 0.717) is 17.2 Å². The van der Waals surface area contributed by atoms with Gasteiger partial charge in [0.25, 0.3) is 5.91 Å². The van der Waals surface area contributed by atoms with Crippen molar-refractivity contribution in [2.45, 2.75) is 6.92 Å². The molecule has 1 aromatic heterocycles. The zero-order chi connectivity index (χ0) is 16.1. The van der Waals surface area contributed by atoms with Crippen molar-refractivity contribution in [3.05, 3.63) is 42.2 Å². The number of hydrogen-bond acceptors (Lipinski definition) is 4. The minimum Gasteiger partial charge on any atom is -0.504 e. The third-order valence-electron chi connectivity index (χ3n) is 3.27. The Hall–Kier alpha value is -2.76. The van der Waals surface area contributed by atoms with Crippen molar-refractivity contribution in [3.8, 4) is 17.2 Å². The molecule has 0 fully saturated rings. The molecule has 22 heavy (non-hydrogen) atoms. The van der Waals surface area contributed by atoms with Crippen LogP contribution in [0.4, 0.5) is 5.69 Å². The van der Waals surface area contributed by atoms with Crippen LogP contribution >= 0.6 is 0 Å². The molecular weight excluding hydrogens is 284 g/mol. The van der Waals surface area contributed by atoms with Gasteiger partial charge in [-0.25, -0.2) is 4.57 Å². The lowest BCUT2D eigenvalue weighted by Crippen LogP contribution is -2.32. The van der Waals surface area contributed by atoms with Crippen molar-refractivity contribution in [1.82, 2.24) is 0 Å². The van der Waals surface area contributed by atoms with Crippen molar-refractivity contribution in [2.75, 3.05) is 19.0 Å². The highest BCUT2D eigenvalue weighted by Gasteiger charge is 2.16. The first kappa shape index (κ1) is 15.6. The number of nitrogens with one attached hydrogen (secondary N) is 1. The fraction of sp³-hybridized carbons (Fsp3) is 0.250. The fourth-order valence-electron chi connectivity index (χ4n) is 1.97. The molecule has 0 saturated carbocycles. The summed E-state index contributed by atoms with van der Waals surface area (Å²) in [5.74, 6) is 0.525. The summed E-state index contributed by atoms with van der Waals surface area (Å²) >= 11 is 0. The highest BCUT2D eigenvalue weighted by atomic mass is 16.5. The van der Waals surface area contributed by atoms with Gasteiger partial charge in [0.2, 0.25) is 11.4 Å². The minimum atomic E-state index is -0.338. The normalized spacial score (nSPS) is 10.1. The van der Waals surface area contributed by atoms with Crippen LogP contribution in [0.15, 0.2) is 36.5 Å². The largest absolute Gasteiger partial charge is 0.504 e. The molecule has 1 aromatic carbocycles. The first-order valence-electron chi connectivity index (χ1n) is 6.76. The Morgan fingerprint density at radius 1 is 1.32 bits per heavy atom. The Labute approximate surface area is 128 Å². The van der Waals surface area contributed by atoms with Crippen molar-refractivity contribution < 1.29 is 23.9 Å². The lowest BCUT2D eigenvalue weighted by molar-refractivity contribution is -0.678. The zero-order valence-electron chi connectivity index (χ0n) is 12.8. The molecule has 116 valence electrons. The Morgan fingerprint density at radius 2 is 2.05 bits per heavy atom. The number of benzene rings is 1. The predicted molar refractivity (Wildman–Crippen MR) is 81.1 cm³/mol. The van der Waals surface area contributed by atoms with Crippen LogP contribution in [0.5, 0.6) is 17.2 Å². The number of aromatic hydroxyl groups is 1. The number of methoxy groups -OCH3 is 1. The molecule has 0 atom stereocenters. The van der Waals surface area contributed by atoms with E-state index in [1.165, 1.54) is 13.2 Å². The summed E-state index contributed by atoms with van der Waals surface area (Å²) in [5.41, 5.74) is 1.29. The molecule has 0 aliphatic heterocycles. The highest BCUT2D eigenvalue weighted by molar-refractivity contribution is 5.93. The van der Waals surface area contributed by atoms with Crippen molar-refractivity contribution in [2.24, 2.45) is 7.05 Å². The SMILES string of the molecule is COc1ccccc1NC(=O)COc1c(O)cc[n+](C)c1C. The summed E-state index contributed by atoms with van der Waals surface area (Å²) in [6.45, 7) is 1.59. The molecule has 2 aromatic rings. The van der Waals surface area contributed by atoms with Gasteiger partial charge in [-0.15, -0.1) is 0 Å². The molecule has 2 rings (SSSR count). The maximum Gasteiger partial charge on any atom is 0.262 e. The molecular formula is C16H19N2O4+. The van der Waals surface area contributed by atoms with Crippen molar-refractivity contribution >= 4 is 11.6 Å². The number of ether oxygens (including phenoxy) is 2. The van der Waals surface area contributed by atoms with Crippen LogP contribution in [0.3, 0.4) is 0 Å². The van der Waals surface area contributed by atoms with E-state index in [4.69, 9.17) is 9.47 Å². The van der Waals surface area contributed by atoms with Gasteiger partial charge in [0.1, 0.15) is 12.8 Å². The number of rotatable bonds is 5. The summed E-state index contributed by atoms with van der Waals surface area (Å²) in [7, 11) is 3.36. The summed E-state index contributed by atoms with van der Waals surface area (Å²) in [4.78, 5) is 12.0. The van der Waals surface area contributed by atoms with Gasteiger partial charge < -0.3 is 19.9 Å². The smallest absolute Gasteiger partial charge is 0.262 e. The second kappa shape index (κ2) is 6.80. The number of aryl methyl sites for hydroxylation is 1. The van der Waals surface area contributed by atoms with E-state index in [-0.39, 0.29) is 18.3 Å². The average Bonchev–Trinajstić information content (AvgIpc) is 2.51. The molecule has 0 bridgehead atoms. The molecule has 0 unspecified atom stereocenters. The van der Waals surface area contributed by atoms with E-state index in [9.17, 15) is 9.90 Å². The molecule has 0 radical (unpaired) electrons. The van der Waals surface area contributed by atoms with E-state index in [1.807, 2.05) is 13.1 Å². The number of aromatic nitrogens is 1. The molecule has 0 saturated heterocycles. The average molecular weight is 303 g/mol. The second-order valence-electron chi connectivity index (χ2n) is 4.76. The summed E-state index contributed by atoms with van der Waals surface area (Å²) in [5, 5.41) is 12.5. The molecule has 0 aliphatic carbocycles. The van der Waals surface area contributed by atoms with Crippen molar-refractivity contribution in [1.29, 1.82) is 0 Å². The van der Waals surface area contributed by atoms with Crippen LogP contribution in [-0.4, -0.2) is 24.7 Å². The molecule has 1 amide bonds. The molecule has 0 aliphatic rings. The Morgan fingerprint density at radius 3 is 2.77 bits per heavy atom. The van der Waals surface area contributed by atoms with E-state index >= 15 is 0 Å². The van der Waals surface area contributed by atoms with Crippen LogP contribution in [0.2, 0.25) is 0 Å². The maximum atomic E-state index is 12.0. The number of hydrogen-bond donors (Lipinski definition) is 2. The number of anilines is 1. The van der Waals surface area contributed by atoms with E-state index in [0.717, 1.165) is 5.69 Å². The number of pyridine rings is 1. The van der Waals surface area contributed by atoms with Crippen LogP contribution in [0, 0.1) is 6.92 Å². The second-order valence-corrected chi connectivity index (χ2v) is 4.76. The van der Waals surface area contributed by atoms with Gasteiger partial charge >= 0.3 is 0 Å². The van der Waals surface area contributed by atoms with E-state index in [2.05, 4.69) is 5.32 Å². The topological polar surface area (TPSA) is 71.7 Å². The standard InChI is InChI=1S/C16H18N2O4/c1-11-16(13(19)8-9-18(11)2)22-10-15(20)17-12-6-4-5-7-14(12)21-3/h4-9H,10H2,1-3H3,(H,17,20)/p+1. The molecule has 6 nitrogen and oxygen atoms in total. The highest BCUT2D eigenvalue weighted by Crippen LogP contribution is 2.27. The summed E-state index contributed by atoms with van der Waals surface area (Å²) in [6, 6.07) is 8.62.